The quantitative estimate of drug-likeness (QED) is 0.0444. The molecule has 6 rings (SSSR count). The fraction of sp³-hybridized carbons (Fsp3) is 0.298. The Kier molecular flexibility index (Phi) is 15.1. The highest BCUT2D eigenvalue weighted by atomic mass is 35.5. The van der Waals surface area contributed by atoms with E-state index >= 15 is 0 Å². The number of rotatable bonds is 21. The number of pyridine rings is 1. The van der Waals surface area contributed by atoms with Crippen molar-refractivity contribution in [1.82, 2.24) is 20.1 Å². The number of carboxylic acid groups (broad SMARTS) is 2. The minimum atomic E-state index is -1.06. The van der Waals surface area contributed by atoms with E-state index in [4.69, 9.17) is 31.3 Å². The van der Waals surface area contributed by atoms with Crippen molar-refractivity contribution in [2.24, 2.45) is 0 Å². The lowest BCUT2D eigenvalue weighted by Crippen LogP contribution is -2.31. The van der Waals surface area contributed by atoms with E-state index in [1.165, 1.54) is 6.20 Å². The summed E-state index contributed by atoms with van der Waals surface area (Å²) in [5.41, 5.74) is 10.3. The van der Waals surface area contributed by atoms with Crippen molar-refractivity contribution in [1.29, 1.82) is 5.26 Å². The molecule has 0 saturated heterocycles. The summed E-state index contributed by atoms with van der Waals surface area (Å²) in [6.45, 7) is 5.83. The molecule has 4 aromatic carbocycles. The van der Waals surface area contributed by atoms with Crippen molar-refractivity contribution in [3.63, 3.8) is 0 Å². The van der Waals surface area contributed by atoms with Crippen LogP contribution in [-0.4, -0.2) is 72.4 Å². The Morgan fingerprint density at radius 1 is 0.836 bits per heavy atom. The van der Waals surface area contributed by atoms with Crippen LogP contribution in [0.4, 0.5) is 0 Å². The minimum Gasteiger partial charge on any atom is -0.488 e. The van der Waals surface area contributed by atoms with Gasteiger partial charge in [-0.05, 0) is 102 Å². The molecule has 2 aromatic heterocycles. The first-order valence-corrected chi connectivity index (χ1v) is 20.3. The lowest BCUT2D eigenvalue weighted by Gasteiger charge is -2.18. The standard InChI is InChI=1S/C47H48ClN5O8/c1-29-35(28-61-45-21-44(60-27-32-16-31(22-49)23-51-24-32)34(18-42(45)48)6-3-8-37(54)19-46(56)57)7-4-10-40(29)41-11-5-9-39(30(41)2)33-12-13-43-36(17-33)25-52-53(43)15-14-50-26-38(55)20-47(58)59/h4-5,7,9-13,16-18,21,23-25,37-38,50,54-55H,3,6,8,14-15,19-20,26-28H2,1-2H3,(H,56,57)(H,58,59)/t37-,38+/m1/s1. The highest BCUT2D eigenvalue weighted by molar-refractivity contribution is 6.32. The molecule has 0 amide bonds. The monoisotopic (exact) mass is 845 g/mol. The molecule has 0 aliphatic rings. The van der Waals surface area contributed by atoms with Gasteiger partial charge in [-0.3, -0.25) is 19.3 Å². The zero-order valence-corrected chi connectivity index (χ0v) is 34.7. The van der Waals surface area contributed by atoms with Crippen LogP contribution in [0, 0.1) is 25.2 Å². The molecule has 0 aliphatic heterocycles. The van der Waals surface area contributed by atoms with Crippen LogP contribution in [0.3, 0.4) is 0 Å². The number of aliphatic carboxylic acids is 2. The van der Waals surface area contributed by atoms with Gasteiger partial charge in [0.05, 0.1) is 53.9 Å². The van der Waals surface area contributed by atoms with Crippen LogP contribution < -0.4 is 14.8 Å². The molecule has 14 heteroatoms. The second-order valence-electron chi connectivity index (χ2n) is 15.0. The van der Waals surface area contributed by atoms with Gasteiger partial charge >= 0.3 is 11.9 Å². The summed E-state index contributed by atoms with van der Waals surface area (Å²) >= 11 is 6.80. The van der Waals surface area contributed by atoms with Crippen molar-refractivity contribution in [3.8, 4) is 39.8 Å². The number of aliphatic hydroxyl groups excluding tert-OH is 2. The number of hydrogen-bond acceptors (Lipinski definition) is 10. The van der Waals surface area contributed by atoms with E-state index in [2.05, 4.69) is 77.8 Å². The second kappa shape index (κ2) is 20.8. The van der Waals surface area contributed by atoms with Gasteiger partial charge in [-0.1, -0.05) is 54.1 Å². The van der Waals surface area contributed by atoms with Crippen molar-refractivity contribution in [3.05, 3.63) is 130 Å². The molecule has 0 bridgehead atoms. The smallest absolute Gasteiger partial charge is 0.306 e. The molecule has 5 N–H and O–H groups in total. The van der Waals surface area contributed by atoms with Crippen LogP contribution in [0.2, 0.25) is 5.02 Å². The maximum atomic E-state index is 11.0. The van der Waals surface area contributed by atoms with Crippen LogP contribution in [-0.2, 0) is 35.8 Å². The SMILES string of the molecule is Cc1c(COc2cc(OCc3cncc(C#N)c3)c(CCC[C@@H](O)CC(=O)O)cc2Cl)cccc1-c1cccc(-c2ccc3c(cnn3CCNC[C@@H](O)CC(=O)O)c2)c1C. The number of nitrogens with zero attached hydrogens (tertiary/aromatic N) is 4. The number of carbonyl (C=O) groups is 2. The predicted molar refractivity (Wildman–Crippen MR) is 231 cm³/mol. The number of aliphatic hydroxyl groups is 2. The minimum absolute atomic E-state index is 0.137. The fourth-order valence-electron chi connectivity index (χ4n) is 7.32. The third kappa shape index (κ3) is 11.7. The number of carboxylic acids is 2. The number of ether oxygens (including phenoxy) is 2. The van der Waals surface area contributed by atoms with Crippen molar-refractivity contribution < 1.29 is 39.5 Å². The van der Waals surface area contributed by atoms with E-state index in [0.29, 0.717) is 60.0 Å². The Hall–Kier alpha value is -6.30. The molecule has 0 saturated carbocycles. The number of benzene rings is 4. The predicted octanol–water partition coefficient (Wildman–Crippen LogP) is 7.65. The first-order valence-electron chi connectivity index (χ1n) is 20.0. The third-order valence-electron chi connectivity index (χ3n) is 10.5. The molecule has 61 heavy (non-hydrogen) atoms. The lowest BCUT2D eigenvalue weighted by atomic mass is 9.89. The van der Waals surface area contributed by atoms with Crippen LogP contribution in [0.15, 0.2) is 91.4 Å². The largest absolute Gasteiger partial charge is 0.488 e. The normalized spacial score (nSPS) is 12.2. The van der Waals surface area contributed by atoms with Gasteiger partial charge in [0, 0.05) is 42.5 Å². The molecule has 0 fully saturated rings. The van der Waals surface area contributed by atoms with Crippen LogP contribution in [0.25, 0.3) is 33.2 Å². The summed E-state index contributed by atoms with van der Waals surface area (Å²) < 4.78 is 14.5. The number of hydrogen-bond donors (Lipinski definition) is 5. The number of halogens is 1. The van der Waals surface area contributed by atoms with Gasteiger partial charge in [0.2, 0.25) is 0 Å². The molecule has 6 aromatic rings. The Labute approximate surface area is 358 Å². The van der Waals surface area contributed by atoms with E-state index in [9.17, 15) is 25.1 Å². The average molecular weight is 846 g/mol. The van der Waals surface area contributed by atoms with Crippen molar-refractivity contribution >= 4 is 34.4 Å². The fourth-order valence-corrected chi connectivity index (χ4v) is 7.57. The van der Waals surface area contributed by atoms with Crippen LogP contribution >= 0.6 is 11.6 Å². The van der Waals surface area contributed by atoms with Crippen molar-refractivity contribution in [2.75, 3.05) is 13.1 Å². The number of aryl methyl sites for hydroxylation is 1. The number of fused-ring (bicyclic) bond motifs is 1. The maximum Gasteiger partial charge on any atom is 0.306 e. The maximum absolute atomic E-state index is 11.0. The van der Waals surface area contributed by atoms with E-state index < -0.39 is 24.1 Å². The van der Waals surface area contributed by atoms with Gasteiger partial charge < -0.3 is 35.2 Å². The van der Waals surface area contributed by atoms with Crippen molar-refractivity contribution in [2.45, 2.75) is 77.9 Å². The molecule has 2 heterocycles. The Bertz CT molecular complexity index is 2550. The average Bonchev–Trinajstić information content (AvgIpc) is 3.64. The summed E-state index contributed by atoms with van der Waals surface area (Å²) in [6, 6.07) is 26.0. The summed E-state index contributed by atoms with van der Waals surface area (Å²) in [5, 5.41) is 56.2. The first kappa shape index (κ1) is 44.3. The zero-order valence-electron chi connectivity index (χ0n) is 34.0. The Morgan fingerprint density at radius 2 is 1.56 bits per heavy atom. The third-order valence-corrected chi connectivity index (χ3v) is 10.8. The molecule has 316 valence electrons. The van der Waals surface area contributed by atoms with E-state index in [0.717, 1.165) is 55.4 Å². The van der Waals surface area contributed by atoms with E-state index in [1.54, 1.807) is 24.4 Å². The first-order chi connectivity index (χ1) is 29.4. The molecule has 13 nitrogen and oxygen atoms in total. The van der Waals surface area contributed by atoms with Crippen LogP contribution in [0.1, 0.15) is 59.1 Å². The number of nitrogens with one attached hydrogen (secondary N) is 1. The molecule has 0 aliphatic carbocycles. The summed E-state index contributed by atoms with van der Waals surface area (Å²) in [5.74, 6) is -1.16. The van der Waals surface area contributed by atoms with Gasteiger partial charge in [0.25, 0.3) is 0 Å². The molecule has 0 radical (unpaired) electrons. The van der Waals surface area contributed by atoms with Gasteiger partial charge in [0.1, 0.15) is 30.8 Å². The number of aromatic nitrogens is 3. The summed E-state index contributed by atoms with van der Waals surface area (Å²) in [4.78, 5) is 26.0. The second-order valence-corrected chi connectivity index (χ2v) is 15.4. The van der Waals surface area contributed by atoms with Gasteiger partial charge in [-0.25, -0.2) is 0 Å². The Morgan fingerprint density at radius 3 is 2.33 bits per heavy atom. The van der Waals surface area contributed by atoms with Gasteiger partial charge in [-0.2, -0.15) is 10.4 Å². The Balaban J connectivity index is 1.18. The highest BCUT2D eigenvalue weighted by Crippen LogP contribution is 2.38. The van der Waals surface area contributed by atoms with E-state index in [-0.39, 0.29) is 32.6 Å². The summed E-state index contributed by atoms with van der Waals surface area (Å²) in [7, 11) is 0. The lowest BCUT2D eigenvalue weighted by molar-refractivity contribution is -0.140. The van der Waals surface area contributed by atoms with Crippen LogP contribution in [0.5, 0.6) is 11.5 Å². The summed E-state index contributed by atoms with van der Waals surface area (Å²) in [6.07, 6.45) is 3.67. The van der Waals surface area contributed by atoms with Gasteiger partial charge in [-0.15, -0.1) is 0 Å². The molecule has 0 unspecified atom stereocenters. The highest BCUT2D eigenvalue weighted by Gasteiger charge is 2.17. The molecular weight excluding hydrogens is 798 g/mol. The van der Waals surface area contributed by atoms with E-state index in [1.807, 2.05) is 23.0 Å². The molecule has 0 spiro atoms. The topological polar surface area (TPSA) is 200 Å². The number of nitriles is 1. The molecular formula is C47H48ClN5O8. The van der Waals surface area contributed by atoms with Gasteiger partial charge in [0.15, 0.2) is 0 Å². The zero-order chi connectivity index (χ0) is 43.5. The molecule has 2 atom stereocenters.